The Balaban J connectivity index is 1.66. The molecule has 4 aromatic carbocycles. The van der Waals surface area contributed by atoms with Gasteiger partial charge < -0.3 is 0 Å². The zero-order chi connectivity index (χ0) is 28.0. The zero-order valence-corrected chi connectivity index (χ0v) is 24.9. The number of imidazole rings is 1. The van der Waals surface area contributed by atoms with Crippen LogP contribution >= 0.6 is 0 Å². The lowest BCUT2D eigenvalue weighted by Gasteiger charge is -2.25. The van der Waals surface area contributed by atoms with E-state index in [-0.39, 0.29) is 6.71 Å². The second-order valence-corrected chi connectivity index (χ2v) is 11.5. The lowest BCUT2D eigenvalue weighted by atomic mass is 9.34. The van der Waals surface area contributed by atoms with Crippen molar-refractivity contribution in [2.75, 3.05) is 0 Å². The van der Waals surface area contributed by atoms with Gasteiger partial charge in [-0.05, 0) is 73.4 Å². The minimum absolute atomic E-state index is 0.168. The maximum atomic E-state index is 4.80. The molecule has 0 atom stereocenters. The summed E-state index contributed by atoms with van der Waals surface area (Å²) in [5.74, 6) is 0.971. The molecule has 5 aromatic rings. The van der Waals surface area contributed by atoms with Gasteiger partial charge in [0.25, 0.3) is 0 Å². The monoisotopic (exact) mass is 510 g/mol. The number of hydrogen-bond acceptors (Lipinski definition) is 1. The molecule has 1 heterocycles. The number of aryl methyl sites for hydroxylation is 9. The van der Waals surface area contributed by atoms with Crippen LogP contribution in [0.3, 0.4) is 0 Å². The second kappa shape index (κ2) is 10.4. The number of hydrogen-bond donors (Lipinski definition) is 0. The molecule has 1 aromatic heterocycles. The van der Waals surface area contributed by atoms with E-state index in [1.807, 2.05) is 6.20 Å². The van der Waals surface area contributed by atoms with Gasteiger partial charge >= 0.3 is 0 Å². The van der Waals surface area contributed by atoms with Crippen molar-refractivity contribution in [3.63, 3.8) is 0 Å². The molecule has 0 unspecified atom stereocenters. The summed E-state index contributed by atoms with van der Waals surface area (Å²) in [6.45, 7) is 20.1. The van der Waals surface area contributed by atoms with Crippen molar-refractivity contribution in [2.45, 2.75) is 62.3 Å². The highest BCUT2D eigenvalue weighted by molar-refractivity contribution is 6.96. The van der Waals surface area contributed by atoms with Crippen LogP contribution < -0.4 is 16.4 Å². The van der Waals surface area contributed by atoms with Crippen LogP contribution in [0.2, 0.25) is 0 Å². The summed E-state index contributed by atoms with van der Waals surface area (Å²) >= 11 is 0. The summed E-state index contributed by atoms with van der Waals surface area (Å²) < 4.78 is 2.24. The van der Waals surface area contributed by atoms with Crippen LogP contribution in [-0.4, -0.2) is 16.3 Å². The highest BCUT2D eigenvalue weighted by atomic mass is 15.1. The van der Waals surface area contributed by atoms with Gasteiger partial charge in [-0.3, -0.25) is 4.57 Å². The Bertz CT molecular complexity index is 1560. The Morgan fingerprint density at radius 3 is 1.38 bits per heavy atom. The molecule has 0 bridgehead atoms. The molecule has 2 nitrogen and oxygen atoms in total. The standard InChI is InChI=1S/C36H39BN2/c1-22-16-25(4)33(26(5)17-22)37(34-27(6)18-23(2)19-28(34)7)32-12-10-31(11-13-32)36-38-14-15-39(36)35-29(8)20-24(3)21-30(35)9/h10-21H,1-9H3. The third kappa shape index (κ3) is 4.99. The molecular weight excluding hydrogens is 471 g/mol. The summed E-state index contributed by atoms with van der Waals surface area (Å²) in [7, 11) is 0. The lowest BCUT2D eigenvalue weighted by molar-refractivity contribution is 1.03. The molecule has 0 aliphatic carbocycles. The largest absolute Gasteiger partial charge is 0.299 e. The number of rotatable bonds is 5. The fourth-order valence-electron chi connectivity index (χ4n) is 6.85. The van der Waals surface area contributed by atoms with Gasteiger partial charge in [-0.2, -0.15) is 0 Å². The van der Waals surface area contributed by atoms with Gasteiger partial charge in [-0.15, -0.1) is 0 Å². The molecule has 0 fully saturated rings. The molecule has 0 amide bonds. The van der Waals surface area contributed by atoms with Crippen LogP contribution in [0, 0.1) is 62.3 Å². The summed E-state index contributed by atoms with van der Waals surface area (Å²) in [6.07, 6.45) is 3.98. The van der Waals surface area contributed by atoms with E-state index in [0.717, 1.165) is 11.4 Å². The van der Waals surface area contributed by atoms with Crippen molar-refractivity contribution >= 4 is 23.1 Å². The van der Waals surface area contributed by atoms with Crippen LogP contribution in [-0.2, 0) is 0 Å². The van der Waals surface area contributed by atoms with Crippen LogP contribution in [0.15, 0.2) is 73.1 Å². The molecule has 39 heavy (non-hydrogen) atoms. The van der Waals surface area contributed by atoms with Crippen molar-refractivity contribution in [2.24, 2.45) is 0 Å². The van der Waals surface area contributed by atoms with Crippen LogP contribution in [0.1, 0.15) is 50.1 Å². The molecule has 0 saturated carbocycles. The number of benzene rings is 4. The Labute approximate surface area is 234 Å². The molecule has 0 spiro atoms. The molecule has 0 N–H and O–H groups in total. The predicted molar refractivity (Wildman–Crippen MR) is 169 cm³/mol. The number of aromatic nitrogens is 2. The normalized spacial score (nSPS) is 11.2. The molecule has 0 saturated heterocycles. The molecule has 0 radical (unpaired) electrons. The zero-order valence-electron chi connectivity index (χ0n) is 24.9. The van der Waals surface area contributed by atoms with Gasteiger partial charge in [0.05, 0.1) is 5.69 Å². The minimum atomic E-state index is 0.168. The van der Waals surface area contributed by atoms with Crippen LogP contribution in [0.5, 0.6) is 0 Å². The SMILES string of the molecule is Cc1cc(C)c(B(c2ccc(-c3nccn3-c3c(C)cc(C)cc3C)cc2)c2c(C)cc(C)cc2C)c(C)c1. The Kier molecular flexibility index (Phi) is 7.12. The Hall–Kier alpha value is -3.85. The Morgan fingerprint density at radius 2 is 0.949 bits per heavy atom. The molecule has 196 valence electrons. The van der Waals surface area contributed by atoms with E-state index in [4.69, 9.17) is 4.98 Å². The van der Waals surface area contributed by atoms with Crippen molar-refractivity contribution < 1.29 is 0 Å². The average Bonchev–Trinajstić information content (AvgIpc) is 3.30. The fourth-order valence-corrected chi connectivity index (χ4v) is 6.85. The van der Waals surface area contributed by atoms with Gasteiger partial charge in [0, 0.05) is 18.0 Å². The first-order chi connectivity index (χ1) is 18.5. The van der Waals surface area contributed by atoms with E-state index in [1.54, 1.807) is 0 Å². The van der Waals surface area contributed by atoms with Crippen LogP contribution in [0.25, 0.3) is 17.1 Å². The highest BCUT2D eigenvalue weighted by Crippen LogP contribution is 2.27. The summed E-state index contributed by atoms with van der Waals surface area (Å²) in [4.78, 5) is 4.80. The Morgan fingerprint density at radius 1 is 0.538 bits per heavy atom. The molecule has 0 aliphatic rings. The van der Waals surface area contributed by atoms with E-state index >= 15 is 0 Å². The third-order valence-electron chi connectivity index (χ3n) is 8.07. The lowest BCUT2D eigenvalue weighted by Crippen LogP contribution is -2.55. The summed E-state index contributed by atoms with van der Waals surface area (Å²) in [6, 6.07) is 22.9. The first-order valence-electron chi connectivity index (χ1n) is 13.9. The highest BCUT2D eigenvalue weighted by Gasteiger charge is 2.28. The molecular formula is C36H39BN2. The van der Waals surface area contributed by atoms with Gasteiger partial charge in [0.2, 0.25) is 6.71 Å². The van der Waals surface area contributed by atoms with E-state index in [9.17, 15) is 0 Å². The van der Waals surface area contributed by atoms with Gasteiger partial charge in [0.15, 0.2) is 0 Å². The fraction of sp³-hybridized carbons (Fsp3) is 0.250. The van der Waals surface area contributed by atoms with Gasteiger partial charge in [0.1, 0.15) is 5.82 Å². The maximum absolute atomic E-state index is 4.80. The molecule has 0 aliphatic heterocycles. The average molecular weight is 511 g/mol. The summed E-state index contributed by atoms with van der Waals surface area (Å²) in [5, 5.41) is 0. The van der Waals surface area contributed by atoms with Crippen molar-refractivity contribution in [1.82, 2.24) is 9.55 Å². The van der Waals surface area contributed by atoms with Gasteiger partial charge in [-0.1, -0.05) is 116 Å². The smallest absolute Gasteiger partial charge is 0.242 e. The van der Waals surface area contributed by atoms with Crippen LogP contribution in [0.4, 0.5) is 0 Å². The first kappa shape index (κ1) is 26.7. The van der Waals surface area contributed by atoms with Crippen molar-refractivity contribution in [3.05, 3.63) is 123 Å². The number of nitrogens with zero attached hydrogens (tertiary/aromatic N) is 2. The quantitative estimate of drug-likeness (QED) is 0.237. The predicted octanol–water partition coefficient (Wildman–Crippen LogP) is 6.83. The molecule has 3 heteroatoms. The maximum Gasteiger partial charge on any atom is 0.242 e. The van der Waals surface area contributed by atoms with E-state index < -0.39 is 0 Å². The van der Waals surface area contributed by atoms with Gasteiger partial charge in [-0.25, -0.2) is 4.98 Å². The minimum Gasteiger partial charge on any atom is -0.299 e. The first-order valence-corrected chi connectivity index (χ1v) is 13.9. The van der Waals surface area contributed by atoms with E-state index in [1.165, 1.54) is 72.1 Å². The van der Waals surface area contributed by atoms with Crippen molar-refractivity contribution in [1.29, 1.82) is 0 Å². The van der Waals surface area contributed by atoms with E-state index in [0.29, 0.717) is 0 Å². The summed E-state index contributed by atoms with van der Waals surface area (Å²) in [5.41, 5.74) is 18.3. The van der Waals surface area contributed by atoms with E-state index in [2.05, 4.69) is 134 Å². The van der Waals surface area contributed by atoms with Crippen molar-refractivity contribution in [3.8, 4) is 17.1 Å². The topological polar surface area (TPSA) is 17.8 Å². The second-order valence-electron chi connectivity index (χ2n) is 11.5. The molecule has 5 rings (SSSR count). The third-order valence-corrected chi connectivity index (χ3v) is 8.07.